The molecule has 1 amide bonds. The first-order valence-electron chi connectivity index (χ1n) is 8.33. The molecular formula is C17H20IN3O3S. The SMILES string of the molecule is CCCOC(=O)c1c(NC(=O)c2c(I)cnn2C)sc2c1CCCC2. The molecule has 0 saturated carbocycles. The average Bonchev–Trinajstić information content (AvgIpc) is 3.12. The molecule has 3 rings (SSSR count). The minimum atomic E-state index is -0.337. The highest BCUT2D eigenvalue weighted by molar-refractivity contribution is 14.1. The number of fused-ring (bicyclic) bond motifs is 1. The fourth-order valence-corrected chi connectivity index (χ4v) is 4.96. The van der Waals surface area contributed by atoms with Crippen LogP contribution in [0.25, 0.3) is 0 Å². The number of carbonyl (C=O) groups excluding carboxylic acids is 2. The van der Waals surface area contributed by atoms with Crippen molar-refractivity contribution in [3.63, 3.8) is 0 Å². The highest BCUT2D eigenvalue weighted by atomic mass is 127. The molecular weight excluding hydrogens is 453 g/mol. The second-order valence-corrected chi connectivity index (χ2v) is 8.24. The van der Waals surface area contributed by atoms with E-state index in [1.807, 2.05) is 6.92 Å². The van der Waals surface area contributed by atoms with Gasteiger partial charge in [-0.3, -0.25) is 9.48 Å². The lowest BCUT2D eigenvalue weighted by Crippen LogP contribution is -2.19. The normalized spacial score (nSPS) is 13.4. The van der Waals surface area contributed by atoms with Crippen molar-refractivity contribution in [2.75, 3.05) is 11.9 Å². The molecule has 0 radical (unpaired) electrons. The number of amides is 1. The predicted octanol–water partition coefficient (Wildman–Crippen LogP) is 3.78. The Morgan fingerprint density at radius 1 is 1.40 bits per heavy atom. The van der Waals surface area contributed by atoms with Crippen LogP contribution < -0.4 is 5.32 Å². The number of ether oxygens (including phenoxy) is 1. The largest absolute Gasteiger partial charge is 0.462 e. The Balaban J connectivity index is 1.94. The molecule has 1 aliphatic rings. The number of anilines is 1. The van der Waals surface area contributed by atoms with E-state index in [4.69, 9.17) is 4.74 Å². The third-order valence-corrected chi connectivity index (χ3v) is 6.15. The third kappa shape index (κ3) is 3.74. The second-order valence-electron chi connectivity index (χ2n) is 5.97. The van der Waals surface area contributed by atoms with Crippen molar-refractivity contribution in [1.82, 2.24) is 9.78 Å². The van der Waals surface area contributed by atoms with Crippen LogP contribution in [0.3, 0.4) is 0 Å². The summed E-state index contributed by atoms with van der Waals surface area (Å²) < 4.78 is 7.67. The van der Waals surface area contributed by atoms with Crippen molar-refractivity contribution in [3.8, 4) is 0 Å². The third-order valence-electron chi connectivity index (χ3n) is 4.15. The maximum absolute atomic E-state index is 12.7. The minimum Gasteiger partial charge on any atom is -0.462 e. The van der Waals surface area contributed by atoms with E-state index in [0.717, 1.165) is 41.2 Å². The summed E-state index contributed by atoms with van der Waals surface area (Å²) >= 11 is 3.58. The van der Waals surface area contributed by atoms with Gasteiger partial charge in [0.15, 0.2) is 0 Å². The summed E-state index contributed by atoms with van der Waals surface area (Å²) in [6.45, 7) is 2.35. The van der Waals surface area contributed by atoms with Gasteiger partial charge in [0.1, 0.15) is 10.7 Å². The smallest absolute Gasteiger partial charge is 0.341 e. The van der Waals surface area contributed by atoms with Crippen molar-refractivity contribution < 1.29 is 14.3 Å². The van der Waals surface area contributed by atoms with Crippen molar-refractivity contribution in [2.24, 2.45) is 7.05 Å². The van der Waals surface area contributed by atoms with E-state index in [1.165, 1.54) is 16.2 Å². The molecule has 0 aliphatic heterocycles. The van der Waals surface area contributed by atoms with Crippen LogP contribution in [0, 0.1) is 3.57 Å². The number of esters is 1. The van der Waals surface area contributed by atoms with Gasteiger partial charge in [-0.25, -0.2) is 4.79 Å². The summed E-state index contributed by atoms with van der Waals surface area (Å²) in [5, 5.41) is 7.62. The lowest BCUT2D eigenvalue weighted by atomic mass is 9.95. The van der Waals surface area contributed by atoms with E-state index in [1.54, 1.807) is 17.9 Å². The number of aryl methyl sites for hydroxylation is 2. The first-order chi connectivity index (χ1) is 12.0. The Hall–Kier alpha value is -1.42. The van der Waals surface area contributed by atoms with Crippen LogP contribution >= 0.6 is 33.9 Å². The Bertz CT molecular complexity index is 793. The molecule has 2 heterocycles. The molecule has 8 heteroatoms. The Morgan fingerprint density at radius 2 is 2.16 bits per heavy atom. The van der Waals surface area contributed by atoms with Gasteiger partial charge in [0.25, 0.3) is 5.91 Å². The lowest BCUT2D eigenvalue weighted by molar-refractivity contribution is 0.0505. The van der Waals surface area contributed by atoms with Gasteiger partial charge >= 0.3 is 5.97 Å². The molecule has 0 fully saturated rings. The number of hydrogen-bond acceptors (Lipinski definition) is 5. The van der Waals surface area contributed by atoms with Gasteiger partial charge in [-0.1, -0.05) is 6.92 Å². The molecule has 1 aliphatic carbocycles. The van der Waals surface area contributed by atoms with Crippen LogP contribution in [0.15, 0.2) is 6.20 Å². The fraction of sp³-hybridized carbons (Fsp3) is 0.471. The van der Waals surface area contributed by atoms with Gasteiger partial charge in [0.2, 0.25) is 0 Å². The summed E-state index contributed by atoms with van der Waals surface area (Å²) in [7, 11) is 1.73. The standard InChI is InChI=1S/C17H20IN3O3S/c1-3-8-24-17(23)13-10-6-4-5-7-12(10)25-16(13)20-15(22)14-11(18)9-19-21(14)2/h9H,3-8H2,1-2H3,(H,20,22). The van der Waals surface area contributed by atoms with Gasteiger partial charge in [-0.05, 0) is 60.3 Å². The first kappa shape index (κ1) is 18.4. The molecule has 2 aromatic heterocycles. The maximum atomic E-state index is 12.7. The van der Waals surface area contributed by atoms with Gasteiger partial charge < -0.3 is 10.1 Å². The Labute approximate surface area is 164 Å². The number of rotatable bonds is 5. The maximum Gasteiger partial charge on any atom is 0.341 e. The molecule has 0 bridgehead atoms. The molecule has 0 saturated heterocycles. The second kappa shape index (κ2) is 7.86. The molecule has 25 heavy (non-hydrogen) atoms. The molecule has 0 unspecified atom stereocenters. The molecule has 1 N–H and O–H groups in total. The highest BCUT2D eigenvalue weighted by Gasteiger charge is 2.28. The van der Waals surface area contributed by atoms with Gasteiger partial charge in [0.05, 0.1) is 21.9 Å². The van der Waals surface area contributed by atoms with Crippen molar-refractivity contribution in [2.45, 2.75) is 39.0 Å². The van der Waals surface area contributed by atoms with Crippen molar-refractivity contribution in [3.05, 3.63) is 31.5 Å². The molecule has 0 aromatic carbocycles. The molecule has 0 spiro atoms. The topological polar surface area (TPSA) is 73.2 Å². The summed E-state index contributed by atoms with van der Waals surface area (Å²) in [6.07, 6.45) is 6.40. The number of halogens is 1. The molecule has 2 aromatic rings. The summed E-state index contributed by atoms with van der Waals surface area (Å²) in [5.41, 5.74) is 2.07. The number of nitrogens with zero attached hydrogens (tertiary/aromatic N) is 2. The van der Waals surface area contributed by atoms with E-state index in [9.17, 15) is 9.59 Å². The lowest BCUT2D eigenvalue weighted by Gasteiger charge is -2.12. The van der Waals surface area contributed by atoms with Crippen molar-refractivity contribution >= 4 is 50.8 Å². The Morgan fingerprint density at radius 3 is 2.84 bits per heavy atom. The van der Waals surface area contributed by atoms with Crippen molar-refractivity contribution in [1.29, 1.82) is 0 Å². The number of nitrogens with one attached hydrogen (secondary N) is 1. The van der Waals surface area contributed by atoms with Gasteiger partial charge in [-0.15, -0.1) is 11.3 Å². The number of thiophene rings is 1. The predicted molar refractivity (Wildman–Crippen MR) is 105 cm³/mol. The molecule has 134 valence electrons. The van der Waals surface area contributed by atoms with Crippen LogP contribution in [-0.4, -0.2) is 28.3 Å². The van der Waals surface area contributed by atoms with Crippen LogP contribution in [0.5, 0.6) is 0 Å². The fourth-order valence-electron chi connectivity index (χ4n) is 2.97. The zero-order valence-electron chi connectivity index (χ0n) is 14.2. The number of hydrogen-bond donors (Lipinski definition) is 1. The van der Waals surface area contributed by atoms with E-state index in [2.05, 4.69) is 33.0 Å². The van der Waals surface area contributed by atoms with Crippen LogP contribution in [0.2, 0.25) is 0 Å². The van der Waals surface area contributed by atoms with E-state index in [-0.39, 0.29) is 11.9 Å². The van der Waals surface area contributed by atoms with Crippen LogP contribution in [-0.2, 0) is 24.6 Å². The first-order valence-corrected chi connectivity index (χ1v) is 10.2. The monoisotopic (exact) mass is 473 g/mol. The zero-order valence-corrected chi connectivity index (χ0v) is 17.2. The summed E-state index contributed by atoms with van der Waals surface area (Å²) in [5.74, 6) is -0.594. The highest BCUT2D eigenvalue weighted by Crippen LogP contribution is 2.38. The zero-order chi connectivity index (χ0) is 18.0. The Kier molecular flexibility index (Phi) is 5.78. The average molecular weight is 473 g/mol. The van der Waals surface area contributed by atoms with E-state index in [0.29, 0.717) is 22.9 Å². The van der Waals surface area contributed by atoms with E-state index < -0.39 is 0 Å². The number of carbonyl (C=O) groups is 2. The van der Waals surface area contributed by atoms with E-state index >= 15 is 0 Å². The van der Waals surface area contributed by atoms with Crippen LogP contribution in [0.4, 0.5) is 5.00 Å². The molecule has 6 nitrogen and oxygen atoms in total. The van der Waals surface area contributed by atoms with Gasteiger partial charge in [-0.2, -0.15) is 5.10 Å². The quantitative estimate of drug-likeness (QED) is 0.530. The minimum absolute atomic E-state index is 0.257. The molecule has 0 atom stereocenters. The van der Waals surface area contributed by atoms with Gasteiger partial charge in [0, 0.05) is 11.9 Å². The summed E-state index contributed by atoms with van der Waals surface area (Å²) in [6, 6.07) is 0. The van der Waals surface area contributed by atoms with Crippen LogP contribution in [0.1, 0.15) is 57.5 Å². The summed E-state index contributed by atoms with van der Waals surface area (Å²) in [4.78, 5) is 26.5. The number of aromatic nitrogens is 2.